The first-order valence-corrected chi connectivity index (χ1v) is 8.55. The van der Waals surface area contributed by atoms with Crippen molar-refractivity contribution in [3.63, 3.8) is 0 Å². The summed E-state index contributed by atoms with van der Waals surface area (Å²) in [7, 11) is 0. The number of ether oxygens (including phenoxy) is 1. The zero-order valence-corrected chi connectivity index (χ0v) is 14.6. The monoisotopic (exact) mass is 378 g/mol. The quantitative estimate of drug-likeness (QED) is 0.707. The Bertz CT molecular complexity index is 1040. The molecule has 0 spiro atoms. The van der Waals surface area contributed by atoms with Gasteiger partial charge in [0.15, 0.2) is 5.69 Å². The molecule has 4 rings (SSSR count). The van der Waals surface area contributed by atoms with Crippen molar-refractivity contribution in [1.29, 1.82) is 0 Å². The molecule has 2 aromatic carbocycles. The number of pyridine rings is 1. The van der Waals surface area contributed by atoms with E-state index in [0.717, 1.165) is 34.5 Å². The van der Waals surface area contributed by atoms with Gasteiger partial charge in [0.25, 0.3) is 0 Å². The smallest absolute Gasteiger partial charge is 0.411 e. The lowest BCUT2D eigenvalue weighted by atomic mass is 9.98. The van der Waals surface area contributed by atoms with Crippen molar-refractivity contribution in [3.05, 3.63) is 83.4 Å². The summed E-state index contributed by atoms with van der Waals surface area (Å²) in [4.78, 5) is 26.9. The summed E-state index contributed by atoms with van der Waals surface area (Å²) in [6.07, 6.45) is -0.108. The van der Waals surface area contributed by atoms with E-state index in [1.807, 2.05) is 48.5 Å². The van der Waals surface area contributed by atoms with E-state index in [2.05, 4.69) is 10.3 Å². The van der Waals surface area contributed by atoms with E-state index < -0.39 is 23.6 Å². The molecule has 3 aromatic rings. The van der Waals surface area contributed by atoms with Crippen LogP contribution in [0.25, 0.3) is 11.1 Å². The Morgan fingerprint density at radius 1 is 1.07 bits per heavy atom. The first-order chi connectivity index (χ1) is 13.5. The molecule has 1 aliphatic carbocycles. The molecule has 2 N–H and O–H groups in total. The number of nitrogens with one attached hydrogen (secondary N) is 1. The minimum atomic E-state index is -1.38. The summed E-state index contributed by atoms with van der Waals surface area (Å²) in [5, 5.41) is 11.4. The third-order valence-corrected chi connectivity index (χ3v) is 4.64. The molecule has 7 heteroatoms. The number of halogens is 1. The molecule has 0 saturated carbocycles. The number of hydrogen-bond donors (Lipinski definition) is 2. The van der Waals surface area contributed by atoms with E-state index in [9.17, 15) is 14.0 Å². The molecule has 1 amide bonds. The van der Waals surface area contributed by atoms with Gasteiger partial charge in [0.1, 0.15) is 12.4 Å². The lowest BCUT2D eigenvalue weighted by Gasteiger charge is -2.15. The van der Waals surface area contributed by atoms with Crippen molar-refractivity contribution in [2.45, 2.75) is 5.92 Å². The molecule has 1 aliphatic rings. The summed E-state index contributed by atoms with van der Waals surface area (Å²) in [6, 6.07) is 16.7. The topological polar surface area (TPSA) is 88.5 Å². The molecule has 1 aromatic heterocycles. The van der Waals surface area contributed by atoms with Crippen LogP contribution in [0.5, 0.6) is 0 Å². The summed E-state index contributed by atoms with van der Waals surface area (Å²) < 4.78 is 18.7. The largest absolute Gasteiger partial charge is 0.476 e. The fraction of sp³-hybridized carbons (Fsp3) is 0.0952. The number of anilines is 1. The zero-order valence-electron chi connectivity index (χ0n) is 14.6. The van der Waals surface area contributed by atoms with Gasteiger partial charge in [-0.15, -0.1) is 0 Å². The summed E-state index contributed by atoms with van der Waals surface area (Å²) in [5.41, 5.74) is 3.56. The van der Waals surface area contributed by atoms with Crippen LogP contribution in [0.3, 0.4) is 0 Å². The van der Waals surface area contributed by atoms with Crippen molar-refractivity contribution < 1.29 is 23.8 Å². The van der Waals surface area contributed by atoms with Crippen molar-refractivity contribution in [1.82, 2.24) is 4.98 Å². The van der Waals surface area contributed by atoms with Gasteiger partial charge in [-0.05, 0) is 22.3 Å². The van der Waals surface area contributed by atoms with Gasteiger partial charge < -0.3 is 9.84 Å². The van der Waals surface area contributed by atoms with Crippen LogP contribution in [-0.2, 0) is 4.74 Å². The first-order valence-electron chi connectivity index (χ1n) is 8.55. The van der Waals surface area contributed by atoms with E-state index in [4.69, 9.17) is 9.84 Å². The predicted octanol–water partition coefficient (Wildman–Crippen LogP) is 4.28. The van der Waals surface area contributed by atoms with Crippen LogP contribution in [0.1, 0.15) is 27.5 Å². The summed E-state index contributed by atoms with van der Waals surface area (Å²) >= 11 is 0. The molecule has 0 radical (unpaired) electrons. The van der Waals surface area contributed by atoms with E-state index in [0.29, 0.717) is 0 Å². The number of amides is 1. The normalized spacial score (nSPS) is 12.2. The average Bonchev–Trinajstić information content (AvgIpc) is 3.00. The van der Waals surface area contributed by atoms with Crippen LogP contribution in [0.15, 0.2) is 60.8 Å². The molecule has 0 bridgehead atoms. The second kappa shape index (κ2) is 7.11. The Morgan fingerprint density at radius 2 is 1.68 bits per heavy atom. The maximum Gasteiger partial charge on any atom is 0.411 e. The molecule has 0 fully saturated rings. The number of carbonyl (C=O) groups excluding carboxylic acids is 1. The Morgan fingerprint density at radius 3 is 2.29 bits per heavy atom. The van der Waals surface area contributed by atoms with Crippen molar-refractivity contribution in [2.75, 3.05) is 11.9 Å². The van der Waals surface area contributed by atoms with Crippen LogP contribution in [0.2, 0.25) is 0 Å². The Kier molecular flexibility index (Phi) is 4.49. The Labute approximate surface area is 159 Å². The van der Waals surface area contributed by atoms with E-state index >= 15 is 0 Å². The van der Waals surface area contributed by atoms with Crippen LogP contribution in [0.4, 0.5) is 14.9 Å². The summed E-state index contributed by atoms with van der Waals surface area (Å²) in [6.45, 7) is 0.0605. The first kappa shape index (κ1) is 17.7. The van der Waals surface area contributed by atoms with Gasteiger partial charge in [0.2, 0.25) is 0 Å². The minimum absolute atomic E-state index is 0.0605. The number of carboxylic acids is 1. The number of carboxylic acid groups (broad SMARTS) is 1. The third kappa shape index (κ3) is 3.18. The van der Waals surface area contributed by atoms with E-state index in [1.165, 1.54) is 0 Å². The fourth-order valence-corrected chi connectivity index (χ4v) is 3.45. The standard InChI is InChI=1S/C21H15FN2O4/c22-12-9-18(19(20(25)26)23-10-12)24-21(27)28-11-17-15-7-3-1-5-13(15)14-6-2-4-8-16(14)17/h1-10,17H,11H2,(H,24,27)(H,25,26). The number of carbonyl (C=O) groups is 2. The second-order valence-electron chi connectivity index (χ2n) is 6.31. The van der Waals surface area contributed by atoms with Gasteiger partial charge in [-0.25, -0.2) is 19.0 Å². The van der Waals surface area contributed by atoms with Gasteiger partial charge >= 0.3 is 12.1 Å². The number of rotatable bonds is 4. The number of benzene rings is 2. The van der Waals surface area contributed by atoms with Crippen LogP contribution in [-0.4, -0.2) is 28.8 Å². The summed E-state index contributed by atoms with van der Waals surface area (Å²) in [5.74, 6) is -2.28. The molecule has 6 nitrogen and oxygen atoms in total. The molecule has 1 heterocycles. The predicted molar refractivity (Wildman–Crippen MR) is 99.8 cm³/mol. The highest BCUT2D eigenvalue weighted by Crippen LogP contribution is 2.44. The van der Waals surface area contributed by atoms with Crippen molar-refractivity contribution in [2.24, 2.45) is 0 Å². The molecule has 0 aliphatic heterocycles. The minimum Gasteiger partial charge on any atom is -0.476 e. The number of nitrogens with zero attached hydrogens (tertiary/aromatic N) is 1. The number of hydrogen-bond acceptors (Lipinski definition) is 4. The van der Waals surface area contributed by atoms with Gasteiger partial charge in [-0.2, -0.15) is 0 Å². The highest BCUT2D eigenvalue weighted by molar-refractivity contribution is 5.97. The van der Waals surface area contributed by atoms with Crippen molar-refractivity contribution >= 4 is 17.7 Å². The van der Waals surface area contributed by atoms with Crippen LogP contribution < -0.4 is 5.32 Å². The molecule has 0 atom stereocenters. The van der Waals surface area contributed by atoms with E-state index in [-0.39, 0.29) is 18.2 Å². The average molecular weight is 378 g/mol. The van der Waals surface area contributed by atoms with E-state index in [1.54, 1.807) is 0 Å². The maximum atomic E-state index is 13.4. The SMILES string of the molecule is O=C(Nc1cc(F)cnc1C(=O)O)OCC1c2ccccc2-c2ccccc21. The number of aromatic carboxylic acids is 1. The molecule has 140 valence electrons. The highest BCUT2D eigenvalue weighted by atomic mass is 19.1. The number of aromatic nitrogens is 1. The molecule has 0 saturated heterocycles. The molecule has 28 heavy (non-hydrogen) atoms. The molecule has 0 unspecified atom stereocenters. The van der Waals surface area contributed by atoms with Crippen LogP contribution in [0, 0.1) is 5.82 Å². The lowest BCUT2D eigenvalue weighted by molar-refractivity contribution is 0.0691. The Hall–Kier alpha value is -3.74. The third-order valence-electron chi connectivity index (χ3n) is 4.64. The Balaban J connectivity index is 1.52. The second-order valence-corrected chi connectivity index (χ2v) is 6.31. The zero-order chi connectivity index (χ0) is 19.7. The van der Waals surface area contributed by atoms with Gasteiger partial charge in [0, 0.05) is 12.0 Å². The van der Waals surface area contributed by atoms with Crippen LogP contribution >= 0.6 is 0 Å². The highest BCUT2D eigenvalue weighted by Gasteiger charge is 2.29. The van der Waals surface area contributed by atoms with Crippen molar-refractivity contribution in [3.8, 4) is 11.1 Å². The molecular weight excluding hydrogens is 363 g/mol. The van der Waals surface area contributed by atoms with Gasteiger partial charge in [0.05, 0.1) is 11.9 Å². The number of fused-ring (bicyclic) bond motifs is 3. The molecular formula is C21H15FN2O4. The lowest BCUT2D eigenvalue weighted by Crippen LogP contribution is -2.20. The van der Waals surface area contributed by atoms with Gasteiger partial charge in [-0.1, -0.05) is 48.5 Å². The fourth-order valence-electron chi connectivity index (χ4n) is 3.45. The van der Waals surface area contributed by atoms with Gasteiger partial charge in [-0.3, -0.25) is 5.32 Å². The maximum absolute atomic E-state index is 13.4.